The fourth-order valence-electron chi connectivity index (χ4n) is 2.89. The number of rotatable bonds is 6. The van der Waals surface area contributed by atoms with E-state index in [1.165, 1.54) is 41.1 Å². The summed E-state index contributed by atoms with van der Waals surface area (Å²) in [6.07, 6.45) is -3.02. The van der Waals surface area contributed by atoms with Crippen LogP contribution in [0.1, 0.15) is 41.5 Å². The van der Waals surface area contributed by atoms with Gasteiger partial charge in [0.2, 0.25) is 0 Å². The van der Waals surface area contributed by atoms with E-state index in [9.17, 15) is 22.8 Å². The number of nitrogens with zero attached hydrogens (tertiary/aromatic N) is 4. The summed E-state index contributed by atoms with van der Waals surface area (Å²) in [6, 6.07) is 8.93. The first-order valence-corrected chi connectivity index (χ1v) is 9.33. The first-order chi connectivity index (χ1) is 14.2. The van der Waals surface area contributed by atoms with Crippen molar-refractivity contribution < 1.29 is 18.0 Å². The van der Waals surface area contributed by atoms with Crippen molar-refractivity contribution in [3.8, 4) is 5.69 Å². The van der Waals surface area contributed by atoms with Gasteiger partial charge >= 0.3 is 6.18 Å². The average Bonchev–Trinajstić information content (AvgIpc) is 3.06. The number of aryl methyl sites for hydroxylation is 2. The molecule has 0 bridgehead atoms. The quantitative estimate of drug-likeness (QED) is 0.659. The maximum atomic E-state index is 13.4. The zero-order valence-corrected chi connectivity index (χ0v) is 16.4. The van der Waals surface area contributed by atoms with Crippen molar-refractivity contribution >= 4 is 11.7 Å². The third-order valence-corrected chi connectivity index (χ3v) is 4.33. The standard InChI is InChI=1S/C20H20F3N5O2/c1-3-4-11-27-18(29)10-9-15(26-27)19(30)24-17-12-13(2)25-28(17)16-8-6-5-7-14(16)20(21,22)23/h5-10,12H,3-4,11H2,1-2H3,(H,24,30). The van der Waals surface area contributed by atoms with Crippen molar-refractivity contribution in [3.05, 3.63) is 69.8 Å². The van der Waals surface area contributed by atoms with Crippen molar-refractivity contribution in [2.75, 3.05) is 5.32 Å². The van der Waals surface area contributed by atoms with Crippen LogP contribution in [0.25, 0.3) is 5.69 Å². The number of halogens is 3. The fourth-order valence-corrected chi connectivity index (χ4v) is 2.89. The number of hydrogen-bond donors (Lipinski definition) is 1. The van der Waals surface area contributed by atoms with Crippen LogP contribution in [0.4, 0.5) is 19.0 Å². The van der Waals surface area contributed by atoms with E-state index in [0.29, 0.717) is 12.2 Å². The normalized spacial score (nSPS) is 11.5. The predicted octanol–water partition coefficient (Wildman–Crippen LogP) is 3.81. The van der Waals surface area contributed by atoms with Gasteiger partial charge in [-0.1, -0.05) is 25.5 Å². The number of anilines is 1. The Balaban J connectivity index is 1.95. The summed E-state index contributed by atoms with van der Waals surface area (Å²) in [5.41, 5.74) is -1.03. The average molecular weight is 419 g/mol. The van der Waals surface area contributed by atoms with E-state index in [1.807, 2.05) is 6.92 Å². The summed E-state index contributed by atoms with van der Waals surface area (Å²) in [4.78, 5) is 24.6. The van der Waals surface area contributed by atoms with Crippen LogP contribution in [0.5, 0.6) is 0 Å². The second-order valence-electron chi connectivity index (χ2n) is 6.69. The van der Waals surface area contributed by atoms with Crippen LogP contribution in [0, 0.1) is 6.92 Å². The molecule has 30 heavy (non-hydrogen) atoms. The summed E-state index contributed by atoms with van der Waals surface area (Å²) in [5.74, 6) is -0.604. The molecule has 0 aliphatic rings. The number of amides is 1. The number of benzene rings is 1. The van der Waals surface area contributed by atoms with Gasteiger partial charge < -0.3 is 5.32 Å². The lowest BCUT2D eigenvalue weighted by atomic mass is 10.1. The van der Waals surface area contributed by atoms with Crippen molar-refractivity contribution in [1.29, 1.82) is 0 Å². The van der Waals surface area contributed by atoms with E-state index in [0.717, 1.165) is 23.6 Å². The Morgan fingerprint density at radius 3 is 2.57 bits per heavy atom. The van der Waals surface area contributed by atoms with E-state index in [1.54, 1.807) is 6.92 Å². The molecule has 0 atom stereocenters. The third-order valence-electron chi connectivity index (χ3n) is 4.33. The molecule has 2 aromatic heterocycles. The van der Waals surface area contributed by atoms with Gasteiger partial charge in [0.1, 0.15) is 11.5 Å². The van der Waals surface area contributed by atoms with E-state index in [4.69, 9.17) is 0 Å². The second kappa shape index (κ2) is 8.52. The molecule has 10 heteroatoms. The molecule has 0 spiro atoms. The smallest absolute Gasteiger partial charge is 0.305 e. The summed E-state index contributed by atoms with van der Waals surface area (Å²) < 4.78 is 42.5. The molecule has 0 radical (unpaired) electrons. The van der Waals surface area contributed by atoms with Crippen LogP contribution in [0.15, 0.2) is 47.3 Å². The number of aromatic nitrogens is 4. The number of hydrogen-bond acceptors (Lipinski definition) is 4. The van der Waals surface area contributed by atoms with E-state index < -0.39 is 17.6 Å². The Morgan fingerprint density at radius 1 is 1.13 bits per heavy atom. The van der Waals surface area contributed by atoms with Crippen LogP contribution >= 0.6 is 0 Å². The van der Waals surface area contributed by atoms with Gasteiger partial charge in [-0.05, 0) is 31.5 Å². The molecule has 0 aliphatic heterocycles. The van der Waals surface area contributed by atoms with Crippen molar-refractivity contribution in [2.24, 2.45) is 0 Å². The number of carbonyl (C=O) groups is 1. The number of nitrogens with one attached hydrogen (secondary N) is 1. The highest BCUT2D eigenvalue weighted by molar-refractivity contribution is 6.02. The Bertz CT molecular complexity index is 1120. The molecule has 1 N–H and O–H groups in total. The van der Waals surface area contributed by atoms with E-state index in [2.05, 4.69) is 15.5 Å². The van der Waals surface area contributed by atoms with Crippen molar-refractivity contribution in [2.45, 2.75) is 39.4 Å². The highest BCUT2D eigenvalue weighted by Crippen LogP contribution is 2.34. The largest absolute Gasteiger partial charge is 0.418 e. The molecule has 0 saturated carbocycles. The molecule has 1 aromatic carbocycles. The number of carbonyl (C=O) groups excluding carboxylic acids is 1. The van der Waals surface area contributed by atoms with E-state index >= 15 is 0 Å². The molecule has 3 rings (SSSR count). The fraction of sp³-hybridized carbons (Fsp3) is 0.300. The molecular formula is C20H20F3N5O2. The van der Waals surface area contributed by atoms with Gasteiger partial charge in [0.25, 0.3) is 11.5 Å². The number of alkyl halides is 3. The number of unbranched alkanes of at least 4 members (excludes halogenated alkanes) is 1. The summed E-state index contributed by atoms with van der Waals surface area (Å²) in [5, 5.41) is 10.7. The maximum Gasteiger partial charge on any atom is 0.418 e. The Labute approximate surface area is 170 Å². The van der Waals surface area contributed by atoms with Gasteiger partial charge in [-0.15, -0.1) is 0 Å². The second-order valence-corrected chi connectivity index (χ2v) is 6.69. The minimum absolute atomic E-state index is 0.0276. The Kier molecular flexibility index (Phi) is 6.04. The molecule has 2 heterocycles. The third kappa shape index (κ3) is 4.58. The zero-order chi connectivity index (χ0) is 21.9. The van der Waals surface area contributed by atoms with E-state index in [-0.39, 0.29) is 22.8 Å². The van der Waals surface area contributed by atoms with Gasteiger partial charge in [-0.2, -0.15) is 23.4 Å². The lowest BCUT2D eigenvalue weighted by molar-refractivity contribution is -0.137. The molecule has 0 aliphatic carbocycles. The molecular weight excluding hydrogens is 399 g/mol. The zero-order valence-electron chi connectivity index (χ0n) is 16.4. The molecule has 7 nitrogen and oxygen atoms in total. The van der Waals surface area contributed by atoms with Crippen LogP contribution in [-0.2, 0) is 12.7 Å². The first-order valence-electron chi connectivity index (χ1n) is 9.33. The van der Waals surface area contributed by atoms with Gasteiger partial charge in [0.15, 0.2) is 0 Å². The molecule has 0 unspecified atom stereocenters. The molecule has 1 amide bonds. The van der Waals surface area contributed by atoms with Crippen LogP contribution < -0.4 is 10.9 Å². The Morgan fingerprint density at radius 2 is 1.87 bits per heavy atom. The van der Waals surface area contributed by atoms with Crippen LogP contribution in [0.3, 0.4) is 0 Å². The predicted molar refractivity (Wildman–Crippen MR) is 105 cm³/mol. The highest BCUT2D eigenvalue weighted by atomic mass is 19.4. The molecule has 158 valence electrons. The minimum Gasteiger partial charge on any atom is -0.305 e. The SMILES string of the molecule is CCCCn1nc(C(=O)Nc2cc(C)nn2-c2ccccc2C(F)(F)F)ccc1=O. The molecule has 0 fully saturated rings. The summed E-state index contributed by atoms with van der Waals surface area (Å²) in [6.45, 7) is 3.93. The van der Waals surface area contributed by atoms with Gasteiger partial charge in [0, 0.05) is 18.7 Å². The summed E-state index contributed by atoms with van der Waals surface area (Å²) in [7, 11) is 0. The lowest BCUT2D eigenvalue weighted by Gasteiger charge is -2.15. The number of para-hydroxylation sites is 1. The van der Waals surface area contributed by atoms with Crippen molar-refractivity contribution in [3.63, 3.8) is 0 Å². The van der Waals surface area contributed by atoms with Gasteiger partial charge in [-0.3, -0.25) is 9.59 Å². The van der Waals surface area contributed by atoms with Gasteiger partial charge in [-0.25, -0.2) is 9.36 Å². The topological polar surface area (TPSA) is 81.8 Å². The molecule has 3 aromatic rings. The van der Waals surface area contributed by atoms with Crippen LogP contribution in [0.2, 0.25) is 0 Å². The Hall–Kier alpha value is -3.43. The van der Waals surface area contributed by atoms with Crippen molar-refractivity contribution in [1.82, 2.24) is 19.6 Å². The summed E-state index contributed by atoms with van der Waals surface area (Å²) >= 11 is 0. The monoisotopic (exact) mass is 419 g/mol. The lowest BCUT2D eigenvalue weighted by Crippen LogP contribution is -2.26. The molecule has 0 saturated heterocycles. The van der Waals surface area contributed by atoms with Crippen LogP contribution in [-0.4, -0.2) is 25.5 Å². The first kappa shape index (κ1) is 21.3. The maximum absolute atomic E-state index is 13.4. The van der Waals surface area contributed by atoms with Gasteiger partial charge in [0.05, 0.1) is 16.9 Å². The minimum atomic E-state index is -4.59. The highest BCUT2D eigenvalue weighted by Gasteiger charge is 2.34.